The quantitative estimate of drug-likeness (QED) is 0.583. The summed E-state index contributed by atoms with van der Waals surface area (Å²) in [6, 6.07) is 7.68. The summed E-state index contributed by atoms with van der Waals surface area (Å²) in [5, 5.41) is 2.75. The van der Waals surface area contributed by atoms with Crippen LogP contribution in [-0.2, 0) is 4.79 Å². The Morgan fingerprint density at radius 1 is 1.44 bits per heavy atom. The predicted octanol–water partition coefficient (Wildman–Crippen LogP) is 1.64. The maximum absolute atomic E-state index is 11.7. The van der Waals surface area contributed by atoms with Gasteiger partial charge < -0.3 is 15.8 Å². The lowest BCUT2D eigenvalue weighted by Gasteiger charge is -2.12. The van der Waals surface area contributed by atoms with Crippen LogP contribution in [0.3, 0.4) is 0 Å². The van der Waals surface area contributed by atoms with Crippen LogP contribution in [0.2, 0.25) is 0 Å². The number of rotatable bonds is 7. The van der Waals surface area contributed by atoms with Crippen molar-refractivity contribution in [1.82, 2.24) is 5.32 Å². The van der Waals surface area contributed by atoms with Gasteiger partial charge in [-0.05, 0) is 44.2 Å². The molecule has 18 heavy (non-hydrogen) atoms. The maximum atomic E-state index is 11.7. The van der Waals surface area contributed by atoms with E-state index in [0.29, 0.717) is 13.1 Å². The number of nitrogens with two attached hydrogens (primary N) is 1. The fourth-order valence-corrected chi connectivity index (χ4v) is 2.26. The van der Waals surface area contributed by atoms with Crippen LogP contribution in [0, 0.1) is 0 Å². The van der Waals surface area contributed by atoms with E-state index in [-0.39, 0.29) is 11.2 Å². The minimum atomic E-state index is -0.115. The Bertz CT molecular complexity index is 368. The number of hydrogen-bond donors (Lipinski definition) is 2. The smallest absolute Gasteiger partial charge is 0.233 e. The number of carbonyl (C=O) groups excluding carboxylic acids is 1. The normalized spacial score (nSPS) is 11.9. The van der Waals surface area contributed by atoms with Gasteiger partial charge in [-0.2, -0.15) is 0 Å². The molecule has 0 aromatic heterocycles. The number of carbonyl (C=O) groups is 1. The second kappa shape index (κ2) is 8.00. The van der Waals surface area contributed by atoms with Crippen LogP contribution in [0.5, 0.6) is 5.75 Å². The fraction of sp³-hybridized carbons (Fsp3) is 0.462. The van der Waals surface area contributed by atoms with Crippen molar-refractivity contribution in [3.05, 3.63) is 24.3 Å². The molecule has 0 aliphatic rings. The van der Waals surface area contributed by atoms with Gasteiger partial charge in [0.2, 0.25) is 5.91 Å². The molecule has 100 valence electrons. The molecule has 1 amide bonds. The Morgan fingerprint density at radius 3 is 2.67 bits per heavy atom. The van der Waals surface area contributed by atoms with Crippen LogP contribution in [-0.4, -0.2) is 31.4 Å². The van der Waals surface area contributed by atoms with E-state index < -0.39 is 0 Å². The Labute approximate surface area is 112 Å². The summed E-state index contributed by atoms with van der Waals surface area (Å²) >= 11 is 1.53. The molecule has 0 saturated heterocycles. The number of amides is 1. The topological polar surface area (TPSA) is 64.3 Å². The summed E-state index contributed by atoms with van der Waals surface area (Å²) < 4.78 is 5.09. The minimum absolute atomic E-state index is 0.0456. The molecule has 4 nitrogen and oxygen atoms in total. The Balaban J connectivity index is 2.42. The van der Waals surface area contributed by atoms with Crippen molar-refractivity contribution >= 4 is 17.7 Å². The van der Waals surface area contributed by atoms with Gasteiger partial charge in [0.15, 0.2) is 0 Å². The zero-order valence-electron chi connectivity index (χ0n) is 10.8. The van der Waals surface area contributed by atoms with Crippen LogP contribution < -0.4 is 15.8 Å². The monoisotopic (exact) mass is 268 g/mol. The third-order valence-electron chi connectivity index (χ3n) is 2.42. The van der Waals surface area contributed by atoms with Gasteiger partial charge in [-0.1, -0.05) is 0 Å². The van der Waals surface area contributed by atoms with Crippen molar-refractivity contribution in [2.45, 2.75) is 23.5 Å². The molecule has 0 fully saturated rings. The number of methoxy groups -OCH3 is 1. The SMILES string of the molecule is COc1ccc(SC(C)C(=O)NCCCN)cc1. The zero-order chi connectivity index (χ0) is 13.4. The van der Waals surface area contributed by atoms with Crippen LogP contribution in [0.15, 0.2) is 29.2 Å². The van der Waals surface area contributed by atoms with Crippen molar-refractivity contribution in [1.29, 1.82) is 0 Å². The second-order valence-corrected chi connectivity index (χ2v) is 5.28. The number of nitrogens with one attached hydrogen (secondary N) is 1. The van der Waals surface area contributed by atoms with E-state index in [1.807, 2.05) is 31.2 Å². The van der Waals surface area contributed by atoms with Gasteiger partial charge in [0.05, 0.1) is 12.4 Å². The standard InChI is InChI=1S/C13H20N2O2S/c1-10(13(16)15-9-3-8-14)18-12-6-4-11(17-2)5-7-12/h4-7,10H,3,8-9,14H2,1-2H3,(H,15,16). The molecule has 0 bridgehead atoms. The first-order chi connectivity index (χ1) is 8.67. The number of ether oxygens (including phenoxy) is 1. The number of hydrogen-bond acceptors (Lipinski definition) is 4. The summed E-state index contributed by atoms with van der Waals surface area (Å²) in [7, 11) is 1.63. The third-order valence-corrected chi connectivity index (χ3v) is 3.53. The first kappa shape index (κ1) is 14.9. The van der Waals surface area contributed by atoms with Crippen molar-refractivity contribution in [2.75, 3.05) is 20.2 Å². The van der Waals surface area contributed by atoms with Gasteiger partial charge in [0.25, 0.3) is 0 Å². The molecule has 1 rings (SSSR count). The lowest BCUT2D eigenvalue weighted by Crippen LogP contribution is -2.32. The van der Waals surface area contributed by atoms with Crippen LogP contribution in [0.4, 0.5) is 0 Å². The summed E-state index contributed by atoms with van der Waals surface area (Å²) in [6.45, 7) is 3.13. The highest BCUT2D eigenvalue weighted by Crippen LogP contribution is 2.25. The largest absolute Gasteiger partial charge is 0.497 e. The molecule has 0 saturated carbocycles. The highest BCUT2D eigenvalue weighted by molar-refractivity contribution is 8.00. The van der Waals surface area contributed by atoms with E-state index in [9.17, 15) is 4.79 Å². The Hall–Kier alpha value is -1.20. The first-order valence-corrected chi connectivity index (χ1v) is 6.84. The van der Waals surface area contributed by atoms with E-state index in [0.717, 1.165) is 17.1 Å². The highest BCUT2D eigenvalue weighted by atomic mass is 32.2. The van der Waals surface area contributed by atoms with E-state index >= 15 is 0 Å². The zero-order valence-corrected chi connectivity index (χ0v) is 11.6. The average molecular weight is 268 g/mol. The molecular formula is C13H20N2O2S. The molecule has 5 heteroatoms. The van der Waals surface area contributed by atoms with Gasteiger partial charge in [-0.25, -0.2) is 0 Å². The number of benzene rings is 1. The maximum Gasteiger partial charge on any atom is 0.233 e. The molecule has 1 aromatic rings. The molecule has 3 N–H and O–H groups in total. The van der Waals surface area contributed by atoms with Crippen molar-refractivity contribution in [2.24, 2.45) is 5.73 Å². The van der Waals surface area contributed by atoms with Gasteiger partial charge in [-0.15, -0.1) is 11.8 Å². The van der Waals surface area contributed by atoms with Crippen molar-refractivity contribution in [3.63, 3.8) is 0 Å². The van der Waals surface area contributed by atoms with Gasteiger partial charge in [-0.3, -0.25) is 4.79 Å². The van der Waals surface area contributed by atoms with E-state index in [2.05, 4.69) is 5.32 Å². The molecule has 1 atom stereocenters. The average Bonchev–Trinajstić information content (AvgIpc) is 2.39. The van der Waals surface area contributed by atoms with Gasteiger partial charge in [0.1, 0.15) is 5.75 Å². The molecule has 1 unspecified atom stereocenters. The lowest BCUT2D eigenvalue weighted by molar-refractivity contribution is -0.120. The molecule has 0 aliphatic carbocycles. The van der Waals surface area contributed by atoms with Crippen molar-refractivity contribution in [3.8, 4) is 5.75 Å². The number of thioether (sulfide) groups is 1. The molecule has 0 aliphatic heterocycles. The van der Waals surface area contributed by atoms with E-state index in [1.54, 1.807) is 7.11 Å². The lowest BCUT2D eigenvalue weighted by atomic mass is 10.3. The molecule has 0 spiro atoms. The van der Waals surface area contributed by atoms with Gasteiger partial charge in [0, 0.05) is 11.4 Å². The molecule has 1 aromatic carbocycles. The molecule has 0 heterocycles. The van der Waals surface area contributed by atoms with Crippen molar-refractivity contribution < 1.29 is 9.53 Å². The summed E-state index contributed by atoms with van der Waals surface area (Å²) in [4.78, 5) is 12.8. The Kier molecular flexibility index (Phi) is 6.60. The Morgan fingerprint density at radius 2 is 2.11 bits per heavy atom. The summed E-state index contributed by atoms with van der Waals surface area (Å²) in [5.74, 6) is 0.865. The molecule has 0 radical (unpaired) electrons. The minimum Gasteiger partial charge on any atom is -0.497 e. The van der Waals surface area contributed by atoms with Gasteiger partial charge >= 0.3 is 0 Å². The van der Waals surface area contributed by atoms with E-state index in [4.69, 9.17) is 10.5 Å². The first-order valence-electron chi connectivity index (χ1n) is 5.96. The molecular weight excluding hydrogens is 248 g/mol. The van der Waals surface area contributed by atoms with E-state index in [1.165, 1.54) is 11.8 Å². The summed E-state index contributed by atoms with van der Waals surface area (Å²) in [6.07, 6.45) is 0.811. The highest BCUT2D eigenvalue weighted by Gasteiger charge is 2.13. The van der Waals surface area contributed by atoms with Crippen LogP contribution >= 0.6 is 11.8 Å². The fourth-order valence-electron chi connectivity index (χ4n) is 1.37. The van der Waals surface area contributed by atoms with Crippen LogP contribution in [0.25, 0.3) is 0 Å². The summed E-state index contributed by atoms with van der Waals surface area (Å²) in [5.41, 5.74) is 5.37. The third kappa shape index (κ3) is 4.98. The van der Waals surface area contributed by atoms with Crippen LogP contribution in [0.1, 0.15) is 13.3 Å². The predicted molar refractivity (Wildman–Crippen MR) is 75.0 cm³/mol. The second-order valence-electron chi connectivity index (χ2n) is 3.87.